The lowest BCUT2D eigenvalue weighted by atomic mass is 9.89. The fourth-order valence-electron chi connectivity index (χ4n) is 2.14. The van der Waals surface area contributed by atoms with Crippen LogP contribution in [-0.4, -0.2) is 37.6 Å². The predicted molar refractivity (Wildman–Crippen MR) is 87.8 cm³/mol. The van der Waals surface area contributed by atoms with Crippen molar-refractivity contribution in [1.82, 2.24) is 4.90 Å². The fourth-order valence-corrected chi connectivity index (χ4v) is 2.14. The van der Waals surface area contributed by atoms with Crippen molar-refractivity contribution in [1.29, 1.82) is 0 Å². The summed E-state index contributed by atoms with van der Waals surface area (Å²) in [5, 5.41) is 2.92. The number of ether oxygens (including phenoxy) is 1. The van der Waals surface area contributed by atoms with Crippen LogP contribution in [0.1, 0.15) is 34.1 Å². The average Bonchev–Trinajstić information content (AvgIpc) is 2.46. The summed E-state index contributed by atoms with van der Waals surface area (Å²) < 4.78 is 5.25. The number of carbonyl (C=O) groups excluding carboxylic acids is 1. The van der Waals surface area contributed by atoms with Crippen LogP contribution in [0, 0.1) is 5.41 Å². The summed E-state index contributed by atoms with van der Waals surface area (Å²) in [5.74, 6) is 0.677. The SMILES string of the molecule is CCN(CC(=O)Nc1ccccc1OC)CC(C)(C)CC. The van der Waals surface area contributed by atoms with Crippen LogP contribution in [0.5, 0.6) is 5.75 Å². The number of nitrogens with one attached hydrogen (secondary N) is 1. The molecule has 21 heavy (non-hydrogen) atoms. The van der Waals surface area contributed by atoms with Crippen molar-refractivity contribution in [2.75, 3.05) is 32.1 Å². The zero-order valence-corrected chi connectivity index (χ0v) is 13.9. The van der Waals surface area contributed by atoms with Gasteiger partial charge in [0, 0.05) is 6.54 Å². The smallest absolute Gasteiger partial charge is 0.238 e. The Bertz CT molecular complexity index is 458. The zero-order chi connectivity index (χ0) is 15.9. The summed E-state index contributed by atoms with van der Waals surface area (Å²) >= 11 is 0. The minimum atomic E-state index is -0.00625. The number of anilines is 1. The van der Waals surface area contributed by atoms with Gasteiger partial charge in [-0.15, -0.1) is 0 Å². The van der Waals surface area contributed by atoms with Crippen LogP contribution in [0.15, 0.2) is 24.3 Å². The van der Waals surface area contributed by atoms with Gasteiger partial charge in [0.15, 0.2) is 0 Å². The van der Waals surface area contributed by atoms with Gasteiger partial charge in [0.25, 0.3) is 0 Å². The first-order chi connectivity index (χ1) is 9.91. The summed E-state index contributed by atoms with van der Waals surface area (Å²) in [6.45, 7) is 10.9. The standard InChI is InChI=1S/C17H28N2O2/c1-6-17(3,4)13-19(7-2)12-16(20)18-14-10-8-9-11-15(14)21-5/h8-11H,6-7,12-13H2,1-5H3,(H,18,20). The number of benzene rings is 1. The number of nitrogens with zero attached hydrogens (tertiary/aromatic N) is 1. The van der Waals surface area contributed by atoms with E-state index < -0.39 is 0 Å². The second-order valence-electron chi connectivity index (χ2n) is 6.07. The Labute approximate surface area is 128 Å². The predicted octanol–water partition coefficient (Wildman–Crippen LogP) is 3.39. The Kier molecular flexibility index (Phi) is 6.69. The number of amides is 1. The van der Waals surface area contributed by atoms with E-state index in [1.165, 1.54) is 0 Å². The molecule has 0 saturated carbocycles. The van der Waals surface area contributed by atoms with Crippen LogP contribution in [0.3, 0.4) is 0 Å². The van der Waals surface area contributed by atoms with Gasteiger partial charge in [-0.05, 0) is 30.5 Å². The van der Waals surface area contributed by atoms with Crippen LogP contribution in [-0.2, 0) is 4.79 Å². The van der Waals surface area contributed by atoms with Crippen molar-refractivity contribution in [3.8, 4) is 5.75 Å². The molecule has 0 atom stereocenters. The highest BCUT2D eigenvalue weighted by Crippen LogP contribution is 2.23. The number of methoxy groups -OCH3 is 1. The van der Waals surface area contributed by atoms with Gasteiger partial charge < -0.3 is 10.1 Å². The van der Waals surface area contributed by atoms with E-state index >= 15 is 0 Å². The lowest BCUT2D eigenvalue weighted by Crippen LogP contribution is -2.39. The van der Waals surface area contributed by atoms with E-state index in [4.69, 9.17) is 4.74 Å². The van der Waals surface area contributed by atoms with E-state index in [-0.39, 0.29) is 11.3 Å². The molecule has 0 aliphatic rings. The van der Waals surface area contributed by atoms with Crippen molar-refractivity contribution in [2.45, 2.75) is 34.1 Å². The number of rotatable bonds is 8. The molecular weight excluding hydrogens is 264 g/mol. The first-order valence-electron chi connectivity index (χ1n) is 7.57. The molecule has 0 aliphatic heterocycles. The first kappa shape index (κ1) is 17.5. The maximum Gasteiger partial charge on any atom is 0.238 e. The Morgan fingerprint density at radius 3 is 2.52 bits per heavy atom. The Hall–Kier alpha value is -1.55. The molecule has 1 amide bonds. The van der Waals surface area contributed by atoms with Crippen molar-refractivity contribution >= 4 is 11.6 Å². The molecule has 0 fully saturated rings. The zero-order valence-electron chi connectivity index (χ0n) is 13.9. The maximum atomic E-state index is 12.2. The second kappa shape index (κ2) is 8.03. The highest BCUT2D eigenvalue weighted by molar-refractivity contribution is 5.93. The van der Waals surface area contributed by atoms with E-state index in [0.29, 0.717) is 12.3 Å². The Balaban J connectivity index is 2.63. The van der Waals surface area contributed by atoms with Crippen molar-refractivity contribution in [2.24, 2.45) is 5.41 Å². The Morgan fingerprint density at radius 2 is 1.95 bits per heavy atom. The third kappa shape index (κ3) is 5.76. The molecule has 4 heteroatoms. The van der Waals surface area contributed by atoms with Crippen molar-refractivity contribution in [3.63, 3.8) is 0 Å². The molecule has 4 nitrogen and oxygen atoms in total. The lowest BCUT2D eigenvalue weighted by Gasteiger charge is -2.30. The van der Waals surface area contributed by atoms with Crippen LogP contribution in [0.25, 0.3) is 0 Å². The molecule has 0 unspecified atom stereocenters. The van der Waals surface area contributed by atoms with Gasteiger partial charge in [0.2, 0.25) is 5.91 Å². The number of hydrogen-bond acceptors (Lipinski definition) is 3. The summed E-state index contributed by atoms with van der Waals surface area (Å²) in [7, 11) is 1.60. The molecule has 1 rings (SSSR count). The van der Waals surface area contributed by atoms with Gasteiger partial charge in [0.05, 0.1) is 19.3 Å². The average molecular weight is 292 g/mol. The highest BCUT2D eigenvalue weighted by atomic mass is 16.5. The van der Waals surface area contributed by atoms with Crippen LogP contribution in [0.4, 0.5) is 5.69 Å². The molecule has 0 aromatic heterocycles. The molecule has 0 heterocycles. The molecule has 118 valence electrons. The molecule has 0 spiro atoms. The van der Waals surface area contributed by atoms with Crippen molar-refractivity contribution < 1.29 is 9.53 Å². The molecule has 1 aromatic carbocycles. The van der Waals surface area contributed by atoms with E-state index in [0.717, 1.165) is 25.2 Å². The summed E-state index contributed by atoms with van der Waals surface area (Å²) in [6, 6.07) is 7.46. The molecule has 0 bridgehead atoms. The summed E-state index contributed by atoms with van der Waals surface area (Å²) in [6.07, 6.45) is 1.09. The topological polar surface area (TPSA) is 41.6 Å². The molecule has 0 radical (unpaired) electrons. The molecule has 0 aliphatic carbocycles. The lowest BCUT2D eigenvalue weighted by molar-refractivity contribution is -0.117. The first-order valence-corrected chi connectivity index (χ1v) is 7.57. The monoisotopic (exact) mass is 292 g/mol. The number of hydrogen-bond donors (Lipinski definition) is 1. The van der Waals surface area contributed by atoms with Gasteiger partial charge in [0.1, 0.15) is 5.75 Å². The highest BCUT2D eigenvalue weighted by Gasteiger charge is 2.20. The molecular formula is C17H28N2O2. The van der Waals surface area contributed by atoms with Gasteiger partial charge in [-0.3, -0.25) is 9.69 Å². The quantitative estimate of drug-likeness (QED) is 0.798. The van der Waals surface area contributed by atoms with E-state index in [9.17, 15) is 4.79 Å². The fraction of sp³-hybridized carbons (Fsp3) is 0.588. The third-order valence-corrected chi connectivity index (χ3v) is 3.80. The second-order valence-corrected chi connectivity index (χ2v) is 6.07. The minimum Gasteiger partial charge on any atom is -0.495 e. The number of carbonyl (C=O) groups is 1. The van der Waals surface area contributed by atoms with E-state index in [1.54, 1.807) is 7.11 Å². The van der Waals surface area contributed by atoms with E-state index in [1.807, 2.05) is 24.3 Å². The molecule has 1 N–H and O–H groups in total. The van der Waals surface area contributed by atoms with Gasteiger partial charge >= 0.3 is 0 Å². The number of para-hydroxylation sites is 2. The maximum absolute atomic E-state index is 12.2. The van der Waals surface area contributed by atoms with Crippen LogP contribution < -0.4 is 10.1 Å². The van der Waals surface area contributed by atoms with Gasteiger partial charge in [-0.1, -0.05) is 39.8 Å². The van der Waals surface area contributed by atoms with E-state index in [2.05, 4.69) is 37.9 Å². The summed E-state index contributed by atoms with van der Waals surface area (Å²) in [4.78, 5) is 14.4. The Morgan fingerprint density at radius 1 is 1.29 bits per heavy atom. The van der Waals surface area contributed by atoms with Crippen LogP contribution in [0.2, 0.25) is 0 Å². The third-order valence-electron chi connectivity index (χ3n) is 3.80. The largest absolute Gasteiger partial charge is 0.495 e. The van der Waals surface area contributed by atoms with Crippen LogP contribution >= 0.6 is 0 Å². The number of likely N-dealkylation sites (N-methyl/N-ethyl adjacent to an activating group) is 1. The molecule has 0 saturated heterocycles. The van der Waals surface area contributed by atoms with Gasteiger partial charge in [-0.25, -0.2) is 0 Å². The normalized spacial score (nSPS) is 11.5. The van der Waals surface area contributed by atoms with Gasteiger partial charge in [-0.2, -0.15) is 0 Å². The summed E-state index contributed by atoms with van der Waals surface area (Å²) in [5.41, 5.74) is 0.941. The van der Waals surface area contributed by atoms with Crippen molar-refractivity contribution in [3.05, 3.63) is 24.3 Å². The minimum absolute atomic E-state index is 0.00625. The molecule has 1 aromatic rings.